The molecule has 0 aliphatic heterocycles. The van der Waals surface area contributed by atoms with Crippen molar-refractivity contribution in [2.75, 3.05) is 0 Å². The predicted octanol–water partition coefficient (Wildman–Crippen LogP) is 4.33. The summed E-state index contributed by atoms with van der Waals surface area (Å²) in [7, 11) is 0. The van der Waals surface area contributed by atoms with E-state index in [0.29, 0.717) is 40.7 Å². The maximum Gasteiger partial charge on any atom is 0.139 e. The molecule has 120 valence electrons. The van der Waals surface area contributed by atoms with Crippen molar-refractivity contribution < 1.29 is 9.59 Å². The number of hydrogen-bond acceptors (Lipinski definition) is 2. The molecule has 0 aromatic rings. The van der Waals surface area contributed by atoms with Crippen LogP contribution in [0.5, 0.6) is 0 Å². The molecule has 0 saturated heterocycles. The van der Waals surface area contributed by atoms with Gasteiger partial charge in [0.15, 0.2) is 0 Å². The topological polar surface area (TPSA) is 34.1 Å². The van der Waals surface area contributed by atoms with E-state index in [2.05, 4.69) is 20.4 Å². The van der Waals surface area contributed by atoms with E-state index >= 15 is 0 Å². The van der Waals surface area contributed by atoms with Crippen molar-refractivity contribution in [3.63, 3.8) is 0 Å². The van der Waals surface area contributed by atoms with Crippen molar-refractivity contribution in [2.45, 2.75) is 65.2 Å². The first-order chi connectivity index (χ1) is 10.4. The van der Waals surface area contributed by atoms with Crippen LogP contribution >= 0.6 is 0 Å². The van der Waals surface area contributed by atoms with Crippen LogP contribution in [0.15, 0.2) is 12.2 Å². The number of ketones is 2. The molecule has 0 heterocycles. The molecular weight excluding hydrogens is 272 g/mol. The normalized spacial score (nSPS) is 51.3. The predicted molar refractivity (Wildman–Crippen MR) is 86.3 cm³/mol. The summed E-state index contributed by atoms with van der Waals surface area (Å²) in [6.45, 7) is 9.10. The van der Waals surface area contributed by atoms with E-state index in [9.17, 15) is 9.59 Å². The Balaban J connectivity index is 1.72. The minimum atomic E-state index is -0.0855. The highest BCUT2D eigenvalue weighted by Crippen LogP contribution is 2.66. The molecule has 0 amide bonds. The molecule has 0 spiro atoms. The number of allylic oxidation sites excluding steroid dienone is 1. The number of hydrogen-bond donors (Lipinski definition) is 0. The van der Waals surface area contributed by atoms with E-state index in [4.69, 9.17) is 0 Å². The Labute approximate surface area is 133 Å². The molecule has 2 nitrogen and oxygen atoms in total. The summed E-state index contributed by atoms with van der Waals surface area (Å²) >= 11 is 0. The molecule has 3 unspecified atom stereocenters. The SMILES string of the molecule is C=C1C[C@H]2CC(=O)CC[C@]2(C)C2CC[C@]3(C)C(=O)CCC3C12. The molecule has 4 aliphatic rings. The molecule has 0 bridgehead atoms. The molecule has 22 heavy (non-hydrogen) atoms. The minimum absolute atomic E-state index is 0.0855. The van der Waals surface area contributed by atoms with Gasteiger partial charge in [-0.05, 0) is 61.2 Å². The van der Waals surface area contributed by atoms with Crippen molar-refractivity contribution in [2.24, 2.45) is 34.5 Å². The zero-order valence-corrected chi connectivity index (χ0v) is 14.0. The number of carbonyl (C=O) groups excluding carboxylic acids is 2. The van der Waals surface area contributed by atoms with E-state index in [1.807, 2.05) is 0 Å². The molecule has 6 atom stereocenters. The first-order valence-corrected chi connectivity index (χ1v) is 9.09. The summed E-state index contributed by atoms with van der Waals surface area (Å²) in [6, 6.07) is 0. The van der Waals surface area contributed by atoms with Gasteiger partial charge in [0, 0.05) is 24.7 Å². The van der Waals surface area contributed by atoms with Crippen LogP contribution in [0.25, 0.3) is 0 Å². The van der Waals surface area contributed by atoms with Gasteiger partial charge < -0.3 is 0 Å². The fourth-order valence-electron chi connectivity index (χ4n) is 6.69. The van der Waals surface area contributed by atoms with Crippen molar-refractivity contribution in [1.29, 1.82) is 0 Å². The van der Waals surface area contributed by atoms with Gasteiger partial charge in [-0.1, -0.05) is 26.0 Å². The summed E-state index contributed by atoms with van der Waals surface area (Å²) in [5.74, 6) is 3.14. The summed E-state index contributed by atoms with van der Waals surface area (Å²) in [5.41, 5.74) is 1.57. The van der Waals surface area contributed by atoms with Gasteiger partial charge in [-0.3, -0.25) is 9.59 Å². The van der Waals surface area contributed by atoms with Crippen molar-refractivity contribution in [3.8, 4) is 0 Å². The lowest BCUT2D eigenvalue weighted by Gasteiger charge is -2.60. The van der Waals surface area contributed by atoms with Crippen molar-refractivity contribution in [3.05, 3.63) is 12.2 Å². The Hall–Kier alpha value is -0.920. The Bertz CT molecular complexity index is 562. The van der Waals surface area contributed by atoms with Crippen molar-refractivity contribution >= 4 is 11.6 Å². The van der Waals surface area contributed by atoms with Gasteiger partial charge in [0.25, 0.3) is 0 Å². The number of Topliss-reactive ketones (excluding diaryl/α,β-unsaturated/α-hetero) is 2. The third kappa shape index (κ3) is 1.73. The molecule has 0 N–H and O–H groups in total. The summed E-state index contributed by atoms with van der Waals surface area (Å²) in [5, 5.41) is 0. The largest absolute Gasteiger partial charge is 0.300 e. The standard InChI is InChI=1S/C20H28O2/c1-12-10-13-11-14(21)6-8-19(13,2)16-7-9-20(3)15(18(12)16)4-5-17(20)22/h13,15-16,18H,1,4-11H2,2-3H3/t13-,15?,16?,18?,19-,20-/m0/s1. The molecule has 0 radical (unpaired) electrons. The number of fused-ring (bicyclic) bond motifs is 5. The van der Waals surface area contributed by atoms with Crippen LogP contribution in [-0.2, 0) is 9.59 Å². The van der Waals surface area contributed by atoms with Gasteiger partial charge in [0.1, 0.15) is 11.6 Å². The van der Waals surface area contributed by atoms with Crippen LogP contribution < -0.4 is 0 Å². The second-order valence-corrected chi connectivity index (χ2v) is 8.96. The highest BCUT2D eigenvalue weighted by Gasteiger charge is 2.61. The molecule has 2 heteroatoms. The third-order valence-electron chi connectivity index (χ3n) is 8.16. The number of rotatable bonds is 0. The lowest BCUT2D eigenvalue weighted by Crippen LogP contribution is -2.54. The Kier molecular flexibility index (Phi) is 3.03. The molecule has 4 fully saturated rings. The molecule has 4 rings (SSSR count). The van der Waals surface area contributed by atoms with Gasteiger partial charge in [-0.15, -0.1) is 0 Å². The lowest BCUT2D eigenvalue weighted by molar-refractivity contribution is -0.138. The summed E-state index contributed by atoms with van der Waals surface area (Å²) in [4.78, 5) is 24.4. The van der Waals surface area contributed by atoms with Crippen LogP contribution in [0.3, 0.4) is 0 Å². The zero-order chi connectivity index (χ0) is 15.7. The molecule has 0 aromatic heterocycles. The maximum absolute atomic E-state index is 12.4. The second kappa shape index (κ2) is 4.55. The molecule has 4 saturated carbocycles. The first kappa shape index (κ1) is 14.7. The highest BCUT2D eigenvalue weighted by atomic mass is 16.1. The van der Waals surface area contributed by atoms with E-state index in [0.717, 1.165) is 51.4 Å². The average molecular weight is 300 g/mol. The second-order valence-electron chi connectivity index (χ2n) is 8.96. The smallest absolute Gasteiger partial charge is 0.139 e. The van der Waals surface area contributed by atoms with E-state index in [1.54, 1.807) is 0 Å². The van der Waals surface area contributed by atoms with Crippen molar-refractivity contribution in [1.82, 2.24) is 0 Å². The average Bonchev–Trinajstić information content (AvgIpc) is 2.77. The van der Waals surface area contributed by atoms with Crippen LogP contribution in [0, 0.1) is 34.5 Å². The van der Waals surface area contributed by atoms with E-state index in [1.165, 1.54) is 5.57 Å². The fourth-order valence-corrected chi connectivity index (χ4v) is 6.69. The Morgan fingerprint density at radius 2 is 1.77 bits per heavy atom. The highest BCUT2D eigenvalue weighted by molar-refractivity contribution is 5.87. The zero-order valence-electron chi connectivity index (χ0n) is 14.0. The van der Waals surface area contributed by atoms with Gasteiger partial charge in [0.2, 0.25) is 0 Å². The minimum Gasteiger partial charge on any atom is -0.300 e. The van der Waals surface area contributed by atoms with Crippen LogP contribution in [0.2, 0.25) is 0 Å². The maximum atomic E-state index is 12.4. The lowest BCUT2D eigenvalue weighted by atomic mass is 9.44. The van der Waals surface area contributed by atoms with Gasteiger partial charge in [-0.25, -0.2) is 0 Å². The Morgan fingerprint density at radius 3 is 2.55 bits per heavy atom. The summed E-state index contributed by atoms with van der Waals surface area (Å²) < 4.78 is 0. The monoisotopic (exact) mass is 300 g/mol. The van der Waals surface area contributed by atoms with Crippen LogP contribution in [0.1, 0.15) is 65.2 Å². The molecule has 0 aromatic carbocycles. The summed E-state index contributed by atoms with van der Waals surface area (Å²) in [6.07, 6.45) is 7.66. The van der Waals surface area contributed by atoms with Gasteiger partial charge in [-0.2, -0.15) is 0 Å². The third-order valence-corrected chi connectivity index (χ3v) is 8.16. The van der Waals surface area contributed by atoms with E-state index in [-0.39, 0.29) is 5.41 Å². The van der Waals surface area contributed by atoms with Gasteiger partial charge in [0.05, 0.1) is 0 Å². The van der Waals surface area contributed by atoms with Crippen LogP contribution in [-0.4, -0.2) is 11.6 Å². The first-order valence-electron chi connectivity index (χ1n) is 9.09. The quantitative estimate of drug-likeness (QED) is 0.624. The van der Waals surface area contributed by atoms with Crippen LogP contribution in [0.4, 0.5) is 0 Å². The van der Waals surface area contributed by atoms with Gasteiger partial charge >= 0.3 is 0 Å². The molecular formula is C20H28O2. The van der Waals surface area contributed by atoms with E-state index < -0.39 is 0 Å². The Morgan fingerprint density at radius 1 is 1.00 bits per heavy atom. The fraction of sp³-hybridized carbons (Fsp3) is 0.800. The molecule has 4 aliphatic carbocycles. The number of carbonyl (C=O) groups is 2.